The lowest BCUT2D eigenvalue weighted by atomic mass is 9.95. The number of fused-ring (bicyclic) bond motifs is 1. The van der Waals surface area contributed by atoms with Crippen LogP contribution in [0, 0.1) is 0 Å². The number of carbonyl (C=O) groups excluding carboxylic acids is 1. The third kappa shape index (κ3) is 6.03. The molecule has 0 radical (unpaired) electrons. The minimum absolute atomic E-state index is 0. The van der Waals surface area contributed by atoms with E-state index >= 15 is 0 Å². The first-order valence-corrected chi connectivity index (χ1v) is 13.5. The first-order chi connectivity index (χ1) is 20.9. The van der Waals surface area contributed by atoms with Gasteiger partial charge in [-0.1, -0.05) is 6.07 Å². The van der Waals surface area contributed by atoms with Gasteiger partial charge in [-0.2, -0.15) is 0 Å². The topological polar surface area (TPSA) is 120 Å². The van der Waals surface area contributed by atoms with Crippen LogP contribution in [0.4, 0.5) is 0 Å². The Morgan fingerprint density at radius 1 is 0.886 bits per heavy atom. The van der Waals surface area contributed by atoms with Crippen LogP contribution in [0.15, 0.2) is 53.6 Å². The number of morpholine rings is 1. The second-order valence-electron chi connectivity index (χ2n) is 9.51. The first-order valence-electron chi connectivity index (χ1n) is 13.5. The fraction of sp³-hybridized carbons (Fsp3) is 0.323. The van der Waals surface area contributed by atoms with Gasteiger partial charge in [0.2, 0.25) is 5.75 Å². The third-order valence-corrected chi connectivity index (χ3v) is 7.16. The lowest BCUT2D eigenvalue weighted by Gasteiger charge is -2.33. The summed E-state index contributed by atoms with van der Waals surface area (Å²) < 4.78 is 40.8. The molecule has 1 fully saturated rings. The summed E-state index contributed by atoms with van der Waals surface area (Å²) in [6.45, 7) is 1.72. The van der Waals surface area contributed by atoms with Gasteiger partial charge in [0.15, 0.2) is 28.7 Å². The zero-order chi connectivity index (χ0) is 30.5. The second kappa shape index (κ2) is 14.2. The fourth-order valence-corrected chi connectivity index (χ4v) is 5.14. The number of nitrogens with zero attached hydrogens (tertiary/aromatic N) is 3. The molecular weight excluding hydrogens is 594 g/mol. The molecule has 0 atom stereocenters. The molecule has 0 bridgehead atoms. The molecule has 1 aliphatic rings. The van der Waals surface area contributed by atoms with E-state index < -0.39 is 11.5 Å². The molecule has 0 aliphatic carbocycles. The monoisotopic (exact) mass is 627 g/mol. The van der Waals surface area contributed by atoms with E-state index in [-0.39, 0.29) is 24.7 Å². The van der Waals surface area contributed by atoms with Crippen LogP contribution in [0.1, 0.15) is 16.1 Å². The van der Waals surface area contributed by atoms with E-state index in [1.165, 1.54) is 40.2 Å². The van der Waals surface area contributed by atoms with Crippen LogP contribution in [0.3, 0.4) is 0 Å². The van der Waals surface area contributed by atoms with Gasteiger partial charge in [-0.15, -0.1) is 12.4 Å². The van der Waals surface area contributed by atoms with E-state index in [1.807, 2.05) is 12.1 Å². The summed E-state index contributed by atoms with van der Waals surface area (Å²) in [4.78, 5) is 32.0. The van der Waals surface area contributed by atoms with Crippen molar-refractivity contribution >= 4 is 29.1 Å². The molecule has 1 saturated heterocycles. The highest BCUT2D eigenvalue weighted by Gasteiger charge is 2.30. The molecule has 0 unspecified atom stereocenters. The molecule has 0 spiro atoms. The molecule has 234 valence electrons. The smallest absolute Gasteiger partial charge is 0.357 e. The van der Waals surface area contributed by atoms with E-state index in [9.17, 15) is 9.59 Å². The predicted molar refractivity (Wildman–Crippen MR) is 166 cm³/mol. The van der Waals surface area contributed by atoms with Gasteiger partial charge in [0.25, 0.3) is 5.56 Å². The maximum absolute atomic E-state index is 14.3. The maximum atomic E-state index is 14.3. The molecule has 0 saturated carbocycles. The second-order valence-corrected chi connectivity index (χ2v) is 9.51. The van der Waals surface area contributed by atoms with E-state index in [1.54, 1.807) is 41.7 Å². The quantitative estimate of drug-likeness (QED) is 0.238. The number of halogens is 1. The average Bonchev–Trinajstić information content (AvgIpc) is 3.06. The SMILES string of the molecule is COC(=O)c1c(-c2cc(OC)c(OC)c(OC)c2)c2cc(OC)c(OCc3cccnc3)cc2c(=O)n1N1CCOCC1.Cl. The Morgan fingerprint density at radius 3 is 2.11 bits per heavy atom. The van der Waals surface area contributed by atoms with Crippen LogP contribution < -0.4 is 34.3 Å². The minimum atomic E-state index is -0.704. The molecule has 2 aromatic heterocycles. The van der Waals surface area contributed by atoms with Gasteiger partial charge in [0, 0.05) is 28.9 Å². The van der Waals surface area contributed by atoms with Crippen LogP contribution in [-0.2, 0) is 16.1 Å². The van der Waals surface area contributed by atoms with E-state index in [0.717, 1.165) is 5.56 Å². The summed E-state index contributed by atoms with van der Waals surface area (Å²) in [5, 5.41) is 2.51. The van der Waals surface area contributed by atoms with Gasteiger partial charge in [-0.05, 0) is 35.9 Å². The van der Waals surface area contributed by atoms with Crippen molar-refractivity contribution in [3.8, 4) is 39.9 Å². The van der Waals surface area contributed by atoms with Crippen molar-refractivity contribution in [2.24, 2.45) is 0 Å². The fourth-order valence-electron chi connectivity index (χ4n) is 5.14. The van der Waals surface area contributed by atoms with E-state index in [4.69, 9.17) is 33.2 Å². The number of aromatic nitrogens is 2. The molecule has 13 heteroatoms. The highest BCUT2D eigenvalue weighted by Crippen LogP contribution is 2.45. The summed E-state index contributed by atoms with van der Waals surface area (Å²) in [7, 11) is 7.29. The molecule has 1 aliphatic heterocycles. The highest BCUT2D eigenvalue weighted by molar-refractivity contribution is 6.08. The zero-order valence-electron chi connectivity index (χ0n) is 25.1. The lowest BCUT2D eigenvalue weighted by molar-refractivity contribution is 0.0580. The molecule has 0 N–H and O–H groups in total. The van der Waals surface area contributed by atoms with Gasteiger partial charge in [-0.25, -0.2) is 9.47 Å². The molecule has 5 rings (SSSR count). The number of pyridine rings is 2. The third-order valence-electron chi connectivity index (χ3n) is 7.16. The van der Waals surface area contributed by atoms with Crippen molar-refractivity contribution in [1.29, 1.82) is 0 Å². The standard InChI is InChI=1S/C31H33N3O9.ClH/c1-37-23-15-21-22(16-24(23)43-18-19-7-6-8-32-17-19)30(35)34(33-9-11-42-12-10-33)28(31(36)41-5)27(21)20-13-25(38-2)29(40-4)26(14-20)39-3;/h6-8,13-17H,9-12,18H2,1-5H3;1H. The van der Waals surface area contributed by atoms with Gasteiger partial charge in [-0.3, -0.25) is 9.78 Å². The number of benzene rings is 2. The van der Waals surface area contributed by atoms with Gasteiger partial charge in [0.1, 0.15) is 6.61 Å². The molecular formula is C31H34ClN3O9. The molecule has 3 heterocycles. The van der Waals surface area contributed by atoms with Crippen molar-refractivity contribution < 1.29 is 38.0 Å². The van der Waals surface area contributed by atoms with Crippen LogP contribution in [0.25, 0.3) is 21.9 Å². The first kappa shape index (κ1) is 32.2. The average molecular weight is 628 g/mol. The van der Waals surface area contributed by atoms with Crippen molar-refractivity contribution in [2.75, 3.05) is 66.9 Å². The Kier molecular flexibility index (Phi) is 10.4. The summed E-state index contributed by atoms with van der Waals surface area (Å²) in [5.41, 5.74) is 1.37. The summed E-state index contributed by atoms with van der Waals surface area (Å²) in [6, 6.07) is 10.5. The molecule has 0 amide bonds. The van der Waals surface area contributed by atoms with Gasteiger partial charge < -0.3 is 38.2 Å². The Morgan fingerprint density at radius 2 is 1.55 bits per heavy atom. The van der Waals surface area contributed by atoms with Crippen LogP contribution in [0.5, 0.6) is 28.7 Å². The molecule has 44 heavy (non-hydrogen) atoms. The van der Waals surface area contributed by atoms with Crippen LogP contribution in [0.2, 0.25) is 0 Å². The Bertz CT molecular complexity index is 1660. The van der Waals surface area contributed by atoms with Crippen LogP contribution in [-0.4, -0.2) is 77.5 Å². The number of carbonyl (C=O) groups is 1. The van der Waals surface area contributed by atoms with Crippen molar-refractivity contribution in [1.82, 2.24) is 9.66 Å². The number of hydrogen-bond acceptors (Lipinski definition) is 11. The number of methoxy groups -OCH3 is 5. The molecule has 12 nitrogen and oxygen atoms in total. The lowest BCUT2D eigenvalue weighted by Crippen LogP contribution is -2.51. The van der Waals surface area contributed by atoms with E-state index in [0.29, 0.717) is 77.0 Å². The van der Waals surface area contributed by atoms with Crippen LogP contribution >= 0.6 is 12.4 Å². The maximum Gasteiger partial charge on any atom is 0.357 e. The number of esters is 1. The summed E-state index contributed by atoms with van der Waals surface area (Å²) >= 11 is 0. The summed E-state index contributed by atoms with van der Waals surface area (Å²) in [5.74, 6) is 1.13. The Hall–Kier alpha value is -4.68. The largest absolute Gasteiger partial charge is 0.493 e. The Labute approximate surface area is 260 Å². The highest BCUT2D eigenvalue weighted by atomic mass is 35.5. The number of hydrogen-bond donors (Lipinski definition) is 0. The van der Waals surface area contributed by atoms with Crippen molar-refractivity contribution in [3.05, 3.63) is 70.4 Å². The van der Waals surface area contributed by atoms with Crippen molar-refractivity contribution in [2.45, 2.75) is 6.61 Å². The van der Waals surface area contributed by atoms with E-state index in [2.05, 4.69) is 4.98 Å². The predicted octanol–water partition coefficient (Wildman–Crippen LogP) is 3.85. The molecule has 4 aromatic rings. The van der Waals surface area contributed by atoms with Crippen molar-refractivity contribution in [3.63, 3.8) is 0 Å². The Balaban J connectivity index is 0.00000442. The van der Waals surface area contributed by atoms with Gasteiger partial charge >= 0.3 is 5.97 Å². The zero-order valence-corrected chi connectivity index (χ0v) is 25.9. The number of ether oxygens (including phenoxy) is 7. The molecule has 2 aromatic carbocycles. The number of rotatable bonds is 10. The van der Waals surface area contributed by atoms with Gasteiger partial charge in [0.05, 0.1) is 67.2 Å². The minimum Gasteiger partial charge on any atom is -0.493 e. The normalized spacial score (nSPS) is 12.7. The summed E-state index contributed by atoms with van der Waals surface area (Å²) in [6.07, 6.45) is 3.38.